The highest BCUT2D eigenvalue weighted by atomic mass is 16.5. The number of benzene rings is 1. The quantitative estimate of drug-likeness (QED) is 0.294. The van der Waals surface area contributed by atoms with Gasteiger partial charge in [0.1, 0.15) is 17.6 Å². The zero-order valence-electron chi connectivity index (χ0n) is 23.7. The van der Waals surface area contributed by atoms with Gasteiger partial charge < -0.3 is 35.7 Å². The van der Waals surface area contributed by atoms with Crippen LogP contribution < -0.4 is 15.8 Å². The highest BCUT2D eigenvalue weighted by molar-refractivity contribution is 6.04. The molecule has 2 amide bonds. The summed E-state index contributed by atoms with van der Waals surface area (Å²) in [6, 6.07) is 4.50. The van der Waals surface area contributed by atoms with Crippen molar-refractivity contribution in [2.75, 3.05) is 33.0 Å². The molecular formula is C29H44N6O4. The Hall–Kier alpha value is -3.14. The molecule has 10 heteroatoms. The molecule has 1 saturated heterocycles. The van der Waals surface area contributed by atoms with Gasteiger partial charge in [-0.1, -0.05) is 12.8 Å². The fourth-order valence-electron chi connectivity index (χ4n) is 6.39. The molecule has 4 rings (SSSR count). The van der Waals surface area contributed by atoms with E-state index in [0.29, 0.717) is 35.9 Å². The van der Waals surface area contributed by atoms with E-state index in [9.17, 15) is 9.59 Å². The summed E-state index contributed by atoms with van der Waals surface area (Å²) in [5, 5.41) is 19.8. The molecule has 0 aromatic heterocycles. The fourth-order valence-corrected chi connectivity index (χ4v) is 6.39. The lowest BCUT2D eigenvalue weighted by molar-refractivity contribution is -0.138. The van der Waals surface area contributed by atoms with Crippen LogP contribution in [0.1, 0.15) is 69.2 Å². The van der Waals surface area contributed by atoms with Crippen molar-refractivity contribution in [3.63, 3.8) is 0 Å². The average molecular weight is 541 g/mol. The normalized spacial score (nSPS) is 29.2. The van der Waals surface area contributed by atoms with Crippen LogP contribution in [-0.2, 0) is 9.53 Å². The highest BCUT2D eigenvalue weighted by Crippen LogP contribution is 2.36. The molecule has 5 unspecified atom stereocenters. The van der Waals surface area contributed by atoms with Crippen LogP contribution in [0.5, 0.6) is 5.75 Å². The Labute approximate surface area is 231 Å². The number of amides is 2. The Morgan fingerprint density at radius 3 is 2.69 bits per heavy atom. The van der Waals surface area contributed by atoms with Gasteiger partial charge in [0.2, 0.25) is 5.91 Å². The molecule has 1 aromatic carbocycles. The van der Waals surface area contributed by atoms with Crippen molar-refractivity contribution < 1.29 is 19.1 Å². The first-order valence-corrected chi connectivity index (χ1v) is 14.1. The minimum absolute atomic E-state index is 0.0430. The maximum absolute atomic E-state index is 13.0. The van der Waals surface area contributed by atoms with Gasteiger partial charge in [-0.3, -0.25) is 15.0 Å². The van der Waals surface area contributed by atoms with Crippen molar-refractivity contribution in [3.8, 4) is 5.75 Å². The Bertz CT molecular complexity index is 1090. The third-order valence-corrected chi connectivity index (χ3v) is 8.65. The summed E-state index contributed by atoms with van der Waals surface area (Å²) in [4.78, 5) is 29.4. The Balaban J connectivity index is 1.37. The number of carbonyl (C=O) groups excluding carboxylic acids is 2. The lowest BCUT2D eigenvalue weighted by Gasteiger charge is -2.36. The molecule has 39 heavy (non-hydrogen) atoms. The van der Waals surface area contributed by atoms with Gasteiger partial charge in [-0.2, -0.15) is 0 Å². The van der Waals surface area contributed by atoms with Crippen LogP contribution in [0.2, 0.25) is 0 Å². The van der Waals surface area contributed by atoms with Crippen LogP contribution in [0.25, 0.3) is 0 Å². The van der Waals surface area contributed by atoms with Gasteiger partial charge >= 0.3 is 0 Å². The van der Waals surface area contributed by atoms with E-state index in [-0.39, 0.29) is 36.0 Å². The van der Waals surface area contributed by atoms with E-state index in [4.69, 9.17) is 26.0 Å². The van der Waals surface area contributed by atoms with E-state index in [1.54, 1.807) is 25.2 Å². The summed E-state index contributed by atoms with van der Waals surface area (Å²) < 4.78 is 11.9. The van der Waals surface area contributed by atoms with Gasteiger partial charge in [0.15, 0.2) is 0 Å². The van der Waals surface area contributed by atoms with Crippen LogP contribution in [0, 0.1) is 22.2 Å². The first kappa shape index (κ1) is 28.9. The highest BCUT2D eigenvalue weighted by Gasteiger charge is 2.45. The third kappa shape index (κ3) is 6.21. The average Bonchev–Trinajstić information content (AvgIpc) is 3.37. The summed E-state index contributed by atoms with van der Waals surface area (Å²) >= 11 is 0. The predicted octanol–water partition coefficient (Wildman–Crippen LogP) is 3.30. The molecule has 2 aliphatic carbocycles. The second-order valence-electron chi connectivity index (χ2n) is 11.9. The van der Waals surface area contributed by atoms with Crippen molar-refractivity contribution in [2.24, 2.45) is 11.3 Å². The Kier molecular flexibility index (Phi) is 8.83. The molecule has 2 saturated carbocycles. The van der Waals surface area contributed by atoms with Crippen LogP contribution in [0.15, 0.2) is 18.2 Å². The molecule has 10 nitrogen and oxygen atoms in total. The van der Waals surface area contributed by atoms with Crippen molar-refractivity contribution >= 4 is 29.6 Å². The first-order valence-electron chi connectivity index (χ1n) is 14.1. The maximum Gasteiger partial charge on any atom is 0.251 e. The summed E-state index contributed by atoms with van der Waals surface area (Å²) in [6.45, 7) is 4.85. The number of ether oxygens (including phenoxy) is 2. The zero-order valence-corrected chi connectivity index (χ0v) is 23.7. The minimum atomic E-state index is -0.647. The number of methoxy groups -OCH3 is 1. The van der Waals surface area contributed by atoms with Crippen LogP contribution in [0.3, 0.4) is 0 Å². The number of hydrogen-bond donors (Lipinski definition) is 4. The summed E-state index contributed by atoms with van der Waals surface area (Å²) in [5.41, 5.74) is 6.26. The van der Waals surface area contributed by atoms with Crippen molar-refractivity contribution in [1.29, 1.82) is 10.8 Å². The Morgan fingerprint density at radius 1 is 1.23 bits per heavy atom. The molecule has 5 atom stereocenters. The lowest BCUT2D eigenvalue weighted by atomic mass is 9.86. The molecule has 214 valence electrons. The maximum atomic E-state index is 13.0. The molecule has 1 aliphatic heterocycles. The van der Waals surface area contributed by atoms with Gasteiger partial charge in [0.05, 0.1) is 30.4 Å². The molecular weight excluding hydrogens is 496 g/mol. The molecule has 3 fully saturated rings. The second-order valence-corrected chi connectivity index (χ2v) is 11.9. The van der Waals surface area contributed by atoms with E-state index in [2.05, 4.69) is 5.32 Å². The zero-order chi connectivity index (χ0) is 28.3. The van der Waals surface area contributed by atoms with Crippen LogP contribution in [-0.4, -0.2) is 85.2 Å². The fraction of sp³-hybridized carbons (Fsp3) is 0.655. The van der Waals surface area contributed by atoms with E-state index in [0.717, 1.165) is 44.9 Å². The number of nitrogen functional groups attached to an aromatic ring is 1. The molecule has 3 aliphatic rings. The summed E-state index contributed by atoms with van der Waals surface area (Å²) in [5.74, 6) is 0.844. The van der Waals surface area contributed by atoms with Gasteiger partial charge in [-0.05, 0) is 64.2 Å². The molecule has 0 radical (unpaired) electrons. The summed E-state index contributed by atoms with van der Waals surface area (Å²) in [6.07, 6.45) is 8.13. The molecule has 1 heterocycles. The number of hydrogen-bond acceptors (Lipinski definition) is 7. The number of nitrogens with two attached hydrogens (primary N) is 1. The molecule has 0 bridgehead atoms. The number of nitrogens with zero attached hydrogens (tertiary/aromatic N) is 2. The monoisotopic (exact) mass is 540 g/mol. The van der Waals surface area contributed by atoms with Gasteiger partial charge in [0, 0.05) is 43.9 Å². The lowest BCUT2D eigenvalue weighted by Crippen LogP contribution is -2.49. The third-order valence-electron chi connectivity index (χ3n) is 8.65. The number of amidine groups is 1. The van der Waals surface area contributed by atoms with E-state index in [1.807, 2.05) is 18.7 Å². The van der Waals surface area contributed by atoms with E-state index < -0.39 is 11.5 Å². The molecule has 0 spiro atoms. The number of likely N-dealkylation sites (N-methyl/N-ethyl adjacent to an activating group) is 1. The molecule has 5 N–H and O–H groups in total. The topological polar surface area (TPSA) is 145 Å². The summed E-state index contributed by atoms with van der Waals surface area (Å²) in [7, 11) is 3.22. The van der Waals surface area contributed by atoms with Crippen LogP contribution >= 0.6 is 0 Å². The molecule has 1 aromatic rings. The van der Waals surface area contributed by atoms with Crippen LogP contribution in [0.4, 0.5) is 5.69 Å². The van der Waals surface area contributed by atoms with Gasteiger partial charge in [-0.25, -0.2) is 0 Å². The second kappa shape index (κ2) is 11.9. The first-order chi connectivity index (χ1) is 18.6. The van der Waals surface area contributed by atoms with Gasteiger partial charge in [0.25, 0.3) is 5.91 Å². The largest absolute Gasteiger partial charge is 0.495 e. The predicted molar refractivity (Wildman–Crippen MR) is 152 cm³/mol. The van der Waals surface area contributed by atoms with Crippen molar-refractivity contribution in [3.05, 3.63) is 23.8 Å². The SMILES string of the molecule is COc1cc(C(=O)NCC2CCCCC2OC2CCC(N3CC(C)(C)C(=O)N(C)C(C=N)C3=N)C2)ccc1N. The minimum Gasteiger partial charge on any atom is -0.495 e. The van der Waals surface area contributed by atoms with E-state index in [1.165, 1.54) is 18.2 Å². The number of anilines is 1. The van der Waals surface area contributed by atoms with Crippen molar-refractivity contribution in [1.82, 2.24) is 15.1 Å². The van der Waals surface area contributed by atoms with Crippen molar-refractivity contribution in [2.45, 2.75) is 83.1 Å². The number of nitrogens with one attached hydrogen (secondary N) is 3. The number of carbonyl (C=O) groups is 2. The Morgan fingerprint density at radius 2 is 1.97 bits per heavy atom. The smallest absolute Gasteiger partial charge is 0.251 e. The number of rotatable bonds is 8. The van der Waals surface area contributed by atoms with Gasteiger partial charge in [-0.15, -0.1) is 0 Å². The standard InChI is InChI=1S/C29H44N6O4/c1-29(2)17-35(26(32)23(15-30)34(3)28(29)37)20-10-11-21(14-20)39-24-8-6-5-7-19(24)16-33-27(36)18-9-12-22(31)25(13-18)38-4/h9,12-13,15,19-21,23-24,30,32H,5-8,10-11,14,16-17,31H2,1-4H3,(H,33,36). The van der Waals surface area contributed by atoms with E-state index >= 15 is 0 Å².